The zero-order valence-corrected chi connectivity index (χ0v) is 15.5. The molecule has 0 aliphatic heterocycles. The molecule has 1 atom stereocenters. The van der Waals surface area contributed by atoms with Crippen molar-refractivity contribution in [2.45, 2.75) is 45.7 Å². The summed E-state index contributed by atoms with van der Waals surface area (Å²) in [6, 6.07) is 6.80. The van der Waals surface area contributed by atoms with Crippen molar-refractivity contribution < 1.29 is 23.1 Å². The van der Waals surface area contributed by atoms with E-state index in [1.54, 1.807) is 52.0 Å². The summed E-state index contributed by atoms with van der Waals surface area (Å²) in [7, 11) is -3.77. The highest BCUT2D eigenvalue weighted by atomic mass is 79.9. The maximum atomic E-state index is 13.2. The Hall–Kier alpha value is -0.880. The van der Waals surface area contributed by atoms with Gasteiger partial charge in [-0.05, 0) is 39.8 Å². The molecule has 0 aromatic heterocycles. The average molecular weight is 394 g/mol. The second kappa shape index (κ2) is 8.11. The smallest absolute Gasteiger partial charge is 0.405 e. The lowest BCUT2D eigenvalue weighted by Gasteiger charge is -2.29. The standard InChI is InChI=1S/C14H21BrNO5P/c1-9(2)20-22(18,21-10(3)4)13(19-14(16)17)11-5-7-12(15)8-6-11/h5-10,13H,1-4H3,(H2,16,17). The van der Waals surface area contributed by atoms with E-state index in [1.165, 1.54) is 0 Å². The molecule has 0 saturated carbocycles. The molecule has 0 spiro atoms. The summed E-state index contributed by atoms with van der Waals surface area (Å²) in [5.74, 6) is -1.22. The second-order valence-electron chi connectivity index (χ2n) is 5.19. The number of rotatable bonds is 7. The van der Waals surface area contributed by atoms with E-state index in [0.717, 1.165) is 4.47 Å². The van der Waals surface area contributed by atoms with Crippen LogP contribution in [0, 0.1) is 0 Å². The Morgan fingerprint density at radius 1 is 1.09 bits per heavy atom. The number of benzene rings is 1. The predicted molar refractivity (Wildman–Crippen MR) is 87.6 cm³/mol. The largest absolute Gasteiger partial charge is 0.428 e. The summed E-state index contributed by atoms with van der Waals surface area (Å²) in [5.41, 5.74) is 5.59. The van der Waals surface area contributed by atoms with Gasteiger partial charge in [0.05, 0.1) is 12.2 Å². The molecule has 1 unspecified atom stereocenters. The number of ether oxygens (including phenoxy) is 1. The molecular formula is C14H21BrNO5P. The van der Waals surface area contributed by atoms with E-state index in [-0.39, 0.29) is 12.2 Å². The Kier molecular flexibility index (Phi) is 7.06. The van der Waals surface area contributed by atoms with Crippen molar-refractivity contribution in [2.24, 2.45) is 5.73 Å². The molecule has 1 amide bonds. The highest BCUT2D eigenvalue weighted by molar-refractivity contribution is 9.10. The Bertz CT molecular complexity index is 533. The van der Waals surface area contributed by atoms with Crippen molar-refractivity contribution >= 4 is 29.6 Å². The van der Waals surface area contributed by atoms with E-state index in [2.05, 4.69) is 15.9 Å². The molecule has 0 heterocycles. The number of amides is 1. The van der Waals surface area contributed by atoms with Gasteiger partial charge in [-0.1, -0.05) is 28.1 Å². The molecule has 0 aliphatic carbocycles. The number of halogens is 1. The van der Waals surface area contributed by atoms with Gasteiger partial charge in [-0.25, -0.2) is 4.79 Å². The molecule has 0 bridgehead atoms. The van der Waals surface area contributed by atoms with Crippen LogP contribution in [0.15, 0.2) is 28.7 Å². The minimum atomic E-state index is -3.77. The third-order valence-electron chi connectivity index (χ3n) is 2.39. The lowest BCUT2D eigenvalue weighted by molar-refractivity contribution is 0.0833. The van der Waals surface area contributed by atoms with Crippen LogP contribution in [0.3, 0.4) is 0 Å². The molecule has 1 aromatic rings. The molecule has 22 heavy (non-hydrogen) atoms. The molecule has 8 heteroatoms. The van der Waals surface area contributed by atoms with Gasteiger partial charge in [-0.3, -0.25) is 4.57 Å². The van der Waals surface area contributed by atoms with Crippen molar-refractivity contribution in [2.75, 3.05) is 0 Å². The van der Waals surface area contributed by atoms with Crippen molar-refractivity contribution in [3.63, 3.8) is 0 Å². The number of carbonyl (C=O) groups excluding carboxylic acids is 1. The van der Waals surface area contributed by atoms with Crippen LogP contribution in [0.4, 0.5) is 4.79 Å². The molecule has 0 saturated heterocycles. The molecule has 6 nitrogen and oxygen atoms in total. The van der Waals surface area contributed by atoms with E-state index in [1.807, 2.05) is 0 Å². The Labute approximate surface area is 139 Å². The maximum absolute atomic E-state index is 13.2. The number of carbonyl (C=O) groups is 1. The van der Waals surface area contributed by atoms with Crippen LogP contribution in [0.1, 0.15) is 39.1 Å². The topological polar surface area (TPSA) is 87.8 Å². The maximum Gasteiger partial charge on any atom is 0.405 e. The monoisotopic (exact) mass is 393 g/mol. The third-order valence-corrected chi connectivity index (χ3v) is 5.32. The highest BCUT2D eigenvalue weighted by Gasteiger charge is 2.42. The van der Waals surface area contributed by atoms with Gasteiger partial charge < -0.3 is 19.5 Å². The van der Waals surface area contributed by atoms with Crippen LogP contribution < -0.4 is 5.73 Å². The van der Waals surface area contributed by atoms with Gasteiger partial charge in [0.25, 0.3) is 0 Å². The van der Waals surface area contributed by atoms with Crippen molar-refractivity contribution in [3.8, 4) is 0 Å². The molecule has 124 valence electrons. The van der Waals surface area contributed by atoms with Crippen LogP contribution >= 0.6 is 23.5 Å². The minimum Gasteiger partial charge on any atom is -0.428 e. The lowest BCUT2D eigenvalue weighted by Crippen LogP contribution is -2.21. The number of primary amides is 1. The molecule has 1 aromatic carbocycles. The van der Waals surface area contributed by atoms with Crippen LogP contribution in [-0.4, -0.2) is 18.3 Å². The first-order chi connectivity index (χ1) is 10.1. The molecule has 0 fully saturated rings. The number of hydrogen-bond acceptors (Lipinski definition) is 5. The summed E-state index contributed by atoms with van der Waals surface area (Å²) in [5, 5.41) is 0. The Morgan fingerprint density at radius 2 is 1.55 bits per heavy atom. The quantitative estimate of drug-likeness (QED) is 0.684. The van der Waals surface area contributed by atoms with Gasteiger partial charge in [0.1, 0.15) is 0 Å². The van der Waals surface area contributed by atoms with Crippen molar-refractivity contribution in [1.29, 1.82) is 0 Å². The van der Waals surface area contributed by atoms with Gasteiger partial charge in [-0.15, -0.1) is 0 Å². The predicted octanol–water partition coefficient (Wildman–Crippen LogP) is 4.59. The van der Waals surface area contributed by atoms with Crippen LogP contribution in [0.2, 0.25) is 0 Å². The SMILES string of the molecule is CC(C)OP(=O)(OC(C)C)C(OC(N)=O)c1ccc(Br)cc1. The van der Waals surface area contributed by atoms with E-state index in [0.29, 0.717) is 5.56 Å². The fourth-order valence-electron chi connectivity index (χ4n) is 1.78. The summed E-state index contributed by atoms with van der Waals surface area (Å²) in [6.07, 6.45) is -1.80. The molecule has 0 radical (unpaired) electrons. The first kappa shape index (κ1) is 19.2. The molecular weight excluding hydrogens is 373 g/mol. The summed E-state index contributed by atoms with van der Waals surface area (Å²) < 4.78 is 30.0. The summed E-state index contributed by atoms with van der Waals surface area (Å²) >= 11 is 3.31. The van der Waals surface area contributed by atoms with Gasteiger partial charge in [0.2, 0.25) is 5.85 Å². The van der Waals surface area contributed by atoms with Gasteiger partial charge in [0, 0.05) is 10.0 Å². The fraction of sp³-hybridized carbons (Fsp3) is 0.500. The third kappa shape index (κ3) is 5.72. The summed E-state index contributed by atoms with van der Waals surface area (Å²) in [6.45, 7) is 6.89. The number of hydrogen-bond donors (Lipinski definition) is 1. The normalized spacial score (nSPS) is 13.4. The van der Waals surface area contributed by atoms with Gasteiger partial charge in [0.15, 0.2) is 0 Å². The van der Waals surface area contributed by atoms with E-state index < -0.39 is 19.5 Å². The zero-order valence-electron chi connectivity index (χ0n) is 13.0. The summed E-state index contributed by atoms with van der Waals surface area (Å²) in [4.78, 5) is 11.2. The van der Waals surface area contributed by atoms with E-state index in [9.17, 15) is 9.36 Å². The van der Waals surface area contributed by atoms with Crippen LogP contribution in [0.25, 0.3) is 0 Å². The highest BCUT2D eigenvalue weighted by Crippen LogP contribution is 2.63. The minimum absolute atomic E-state index is 0.376. The van der Waals surface area contributed by atoms with Crippen LogP contribution in [0.5, 0.6) is 0 Å². The number of nitrogens with two attached hydrogens (primary N) is 1. The lowest BCUT2D eigenvalue weighted by atomic mass is 10.2. The first-order valence-corrected chi connectivity index (χ1v) is 9.22. The Morgan fingerprint density at radius 3 is 1.91 bits per heavy atom. The van der Waals surface area contributed by atoms with Crippen LogP contribution in [-0.2, 0) is 18.3 Å². The van der Waals surface area contributed by atoms with Gasteiger partial charge >= 0.3 is 13.7 Å². The van der Waals surface area contributed by atoms with Gasteiger partial charge in [-0.2, -0.15) is 0 Å². The van der Waals surface area contributed by atoms with E-state index >= 15 is 0 Å². The first-order valence-electron chi connectivity index (χ1n) is 6.82. The van der Waals surface area contributed by atoms with Crippen molar-refractivity contribution in [3.05, 3.63) is 34.3 Å². The Balaban J connectivity index is 3.27. The zero-order chi connectivity index (χ0) is 16.9. The molecule has 0 aliphatic rings. The molecule has 2 N–H and O–H groups in total. The van der Waals surface area contributed by atoms with Crippen molar-refractivity contribution in [1.82, 2.24) is 0 Å². The molecule has 1 rings (SSSR count). The second-order valence-corrected chi connectivity index (χ2v) is 8.07. The fourth-order valence-corrected chi connectivity index (χ4v) is 4.26. The average Bonchev–Trinajstić information content (AvgIpc) is 2.34. The van der Waals surface area contributed by atoms with E-state index in [4.69, 9.17) is 19.5 Å².